The van der Waals surface area contributed by atoms with Crippen LogP contribution in [0.2, 0.25) is 0 Å². The second-order valence-electron chi connectivity index (χ2n) is 4.43. The number of methoxy groups -OCH3 is 3. The summed E-state index contributed by atoms with van der Waals surface area (Å²) in [6.45, 7) is 5.58. The van der Waals surface area contributed by atoms with Gasteiger partial charge in [-0.25, -0.2) is 4.79 Å². The van der Waals surface area contributed by atoms with Crippen LogP contribution in [0, 0.1) is 0 Å². The summed E-state index contributed by atoms with van der Waals surface area (Å²) in [7, 11) is 4.74. The van der Waals surface area contributed by atoms with Crippen LogP contribution in [0.1, 0.15) is 6.92 Å². The Labute approximate surface area is 113 Å². The summed E-state index contributed by atoms with van der Waals surface area (Å²) in [5.74, 6) is -0.443. The molecule has 110 valence electrons. The summed E-state index contributed by atoms with van der Waals surface area (Å²) >= 11 is 0. The van der Waals surface area contributed by atoms with Crippen LogP contribution < -0.4 is 0 Å². The third kappa shape index (κ3) is 4.01. The van der Waals surface area contributed by atoms with E-state index in [0.717, 1.165) is 0 Å². The van der Waals surface area contributed by atoms with Crippen molar-refractivity contribution in [1.82, 2.24) is 0 Å². The molecule has 1 aliphatic heterocycles. The molecule has 19 heavy (non-hydrogen) atoms. The van der Waals surface area contributed by atoms with Crippen molar-refractivity contribution in [1.29, 1.82) is 0 Å². The number of hydrogen-bond acceptors (Lipinski definition) is 6. The van der Waals surface area contributed by atoms with E-state index in [1.165, 1.54) is 0 Å². The van der Waals surface area contributed by atoms with Crippen molar-refractivity contribution in [2.45, 2.75) is 31.3 Å². The molecule has 4 atom stereocenters. The number of carbonyl (C=O) groups is 1. The van der Waals surface area contributed by atoms with Crippen molar-refractivity contribution in [3.63, 3.8) is 0 Å². The van der Waals surface area contributed by atoms with E-state index in [2.05, 4.69) is 6.58 Å². The van der Waals surface area contributed by atoms with Crippen LogP contribution in [0.15, 0.2) is 12.2 Å². The molecule has 1 aliphatic rings. The lowest BCUT2D eigenvalue weighted by atomic mass is 10.00. The Morgan fingerprint density at radius 3 is 2.32 bits per heavy atom. The Bertz CT molecular complexity index is 316. The van der Waals surface area contributed by atoms with Gasteiger partial charge in [-0.2, -0.15) is 0 Å². The molecule has 6 nitrogen and oxygen atoms in total. The minimum Gasteiger partial charge on any atom is -0.459 e. The van der Waals surface area contributed by atoms with Gasteiger partial charge in [-0.05, 0) is 6.92 Å². The molecule has 1 unspecified atom stereocenters. The maximum absolute atomic E-state index is 11.4. The predicted molar refractivity (Wildman–Crippen MR) is 67.9 cm³/mol. The van der Waals surface area contributed by atoms with Crippen LogP contribution in [0.3, 0.4) is 0 Å². The fraction of sp³-hybridized carbons (Fsp3) is 0.769. The van der Waals surface area contributed by atoms with Gasteiger partial charge >= 0.3 is 5.97 Å². The Balaban J connectivity index is 2.63. The lowest BCUT2D eigenvalue weighted by Crippen LogP contribution is -2.56. The van der Waals surface area contributed by atoms with E-state index in [1.807, 2.05) is 0 Å². The average molecular weight is 274 g/mol. The van der Waals surface area contributed by atoms with Gasteiger partial charge in [-0.3, -0.25) is 0 Å². The first kappa shape index (κ1) is 16.1. The Morgan fingerprint density at radius 2 is 1.84 bits per heavy atom. The third-order valence-electron chi connectivity index (χ3n) is 3.11. The zero-order chi connectivity index (χ0) is 14.4. The number of carbonyl (C=O) groups excluding carboxylic acids is 1. The van der Waals surface area contributed by atoms with Crippen LogP contribution in [0.4, 0.5) is 0 Å². The molecule has 0 aromatic heterocycles. The van der Waals surface area contributed by atoms with Crippen molar-refractivity contribution in [3.8, 4) is 0 Å². The molecular formula is C13H22O6. The van der Waals surface area contributed by atoms with Crippen LogP contribution in [-0.4, -0.2) is 64.9 Å². The summed E-state index contributed by atoms with van der Waals surface area (Å²) in [6, 6.07) is 0. The molecule has 0 radical (unpaired) electrons. The largest absolute Gasteiger partial charge is 0.459 e. The molecule has 0 saturated carbocycles. The van der Waals surface area contributed by atoms with Crippen LogP contribution >= 0.6 is 0 Å². The lowest BCUT2D eigenvalue weighted by Gasteiger charge is -2.40. The van der Waals surface area contributed by atoms with E-state index in [9.17, 15) is 4.79 Å². The third-order valence-corrected chi connectivity index (χ3v) is 3.11. The van der Waals surface area contributed by atoms with Crippen LogP contribution in [-0.2, 0) is 28.5 Å². The molecule has 0 amide bonds. The maximum atomic E-state index is 11.4. The lowest BCUT2D eigenvalue weighted by molar-refractivity contribution is -0.220. The van der Waals surface area contributed by atoms with Gasteiger partial charge in [-0.1, -0.05) is 6.58 Å². The first-order valence-corrected chi connectivity index (χ1v) is 6.07. The van der Waals surface area contributed by atoms with Crippen LogP contribution in [0.5, 0.6) is 0 Å². The van der Waals surface area contributed by atoms with E-state index in [1.54, 1.807) is 28.3 Å². The number of esters is 1. The van der Waals surface area contributed by atoms with E-state index in [4.69, 9.17) is 23.7 Å². The average Bonchev–Trinajstić information content (AvgIpc) is 2.42. The standard InChI is InChI=1S/C13H22O6/c1-8(2)13(14)19-7-10-12(17-5)11(16-4)9(15-3)6-18-10/h9-12H,1,6-7H2,2-5H3/t9-,10?,11+,12+/m0/s1. The van der Waals surface area contributed by atoms with E-state index >= 15 is 0 Å². The van der Waals surface area contributed by atoms with E-state index < -0.39 is 5.97 Å². The number of hydrogen-bond donors (Lipinski definition) is 0. The van der Waals surface area contributed by atoms with Gasteiger partial charge in [0.2, 0.25) is 0 Å². The Morgan fingerprint density at radius 1 is 1.21 bits per heavy atom. The molecule has 1 rings (SSSR count). The van der Waals surface area contributed by atoms with Crippen LogP contribution in [0.25, 0.3) is 0 Å². The summed E-state index contributed by atoms with van der Waals surface area (Å²) in [4.78, 5) is 11.4. The summed E-state index contributed by atoms with van der Waals surface area (Å²) in [5.41, 5.74) is 0.350. The second kappa shape index (κ2) is 7.59. The fourth-order valence-corrected chi connectivity index (χ4v) is 2.03. The Kier molecular flexibility index (Phi) is 6.44. The highest BCUT2D eigenvalue weighted by atomic mass is 16.6. The smallest absolute Gasteiger partial charge is 0.333 e. The molecule has 1 fully saturated rings. The molecule has 0 aliphatic carbocycles. The van der Waals surface area contributed by atoms with Gasteiger partial charge < -0.3 is 23.7 Å². The van der Waals surface area contributed by atoms with Crippen molar-refractivity contribution in [2.75, 3.05) is 34.5 Å². The van der Waals surface area contributed by atoms with E-state index in [0.29, 0.717) is 12.2 Å². The minimum absolute atomic E-state index is 0.0977. The van der Waals surface area contributed by atoms with Crippen molar-refractivity contribution in [3.05, 3.63) is 12.2 Å². The second-order valence-corrected chi connectivity index (χ2v) is 4.43. The molecule has 1 heterocycles. The minimum atomic E-state index is -0.443. The predicted octanol–water partition coefficient (Wildman–Crippen LogP) is 0.549. The summed E-state index contributed by atoms with van der Waals surface area (Å²) in [6.07, 6.45) is -1.22. The molecule has 1 saturated heterocycles. The molecule has 6 heteroatoms. The SMILES string of the molecule is C=C(C)C(=O)OCC1OC[C@H](OC)[C@@H](OC)[C@@H]1OC. The highest BCUT2D eigenvalue weighted by molar-refractivity contribution is 5.86. The Hall–Kier alpha value is -0.950. The normalized spacial score (nSPS) is 30.9. The summed E-state index contributed by atoms with van der Waals surface area (Å²) < 4.78 is 26.8. The zero-order valence-electron chi connectivity index (χ0n) is 11.9. The maximum Gasteiger partial charge on any atom is 0.333 e. The van der Waals surface area contributed by atoms with Crippen molar-refractivity contribution < 1.29 is 28.5 Å². The first-order chi connectivity index (χ1) is 9.04. The quantitative estimate of drug-likeness (QED) is 0.520. The first-order valence-electron chi connectivity index (χ1n) is 6.07. The number of rotatable bonds is 6. The zero-order valence-corrected chi connectivity index (χ0v) is 11.9. The van der Waals surface area contributed by atoms with Gasteiger partial charge in [-0.15, -0.1) is 0 Å². The fourth-order valence-electron chi connectivity index (χ4n) is 2.03. The molecule has 0 bridgehead atoms. The van der Waals surface area contributed by atoms with Gasteiger partial charge in [0, 0.05) is 26.9 Å². The molecular weight excluding hydrogens is 252 g/mol. The highest BCUT2D eigenvalue weighted by Gasteiger charge is 2.41. The summed E-state index contributed by atoms with van der Waals surface area (Å²) in [5, 5.41) is 0. The van der Waals surface area contributed by atoms with Gasteiger partial charge in [0.15, 0.2) is 0 Å². The van der Waals surface area contributed by atoms with Gasteiger partial charge in [0.25, 0.3) is 0 Å². The van der Waals surface area contributed by atoms with Gasteiger partial charge in [0.1, 0.15) is 31.0 Å². The van der Waals surface area contributed by atoms with Crippen molar-refractivity contribution in [2.24, 2.45) is 0 Å². The number of ether oxygens (including phenoxy) is 5. The topological polar surface area (TPSA) is 63.2 Å². The molecule has 0 N–H and O–H groups in total. The highest BCUT2D eigenvalue weighted by Crippen LogP contribution is 2.22. The molecule has 0 spiro atoms. The molecule has 0 aromatic carbocycles. The molecule has 0 aromatic rings. The van der Waals surface area contributed by atoms with Gasteiger partial charge in [0.05, 0.1) is 6.61 Å². The monoisotopic (exact) mass is 274 g/mol. The van der Waals surface area contributed by atoms with E-state index in [-0.39, 0.29) is 31.0 Å². The van der Waals surface area contributed by atoms with Crippen molar-refractivity contribution >= 4 is 5.97 Å².